The van der Waals surface area contributed by atoms with Gasteiger partial charge in [-0.25, -0.2) is 0 Å². The number of hydrogen-bond acceptors (Lipinski definition) is 3. The van der Waals surface area contributed by atoms with Crippen LogP contribution in [0.4, 0.5) is 0 Å². The molecule has 0 aliphatic carbocycles. The Morgan fingerprint density at radius 2 is 2.21 bits per heavy atom. The first-order valence-corrected chi connectivity index (χ1v) is 4.79. The molecule has 0 heterocycles. The molecule has 0 aliphatic rings. The fraction of sp³-hybridized carbons (Fsp3) is 0.875. The fourth-order valence-electron chi connectivity index (χ4n) is 0.990. The molecule has 0 aromatic heterocycles. The Labute approximate surface area is 83.5 Å². The third-order valence-corrected chi connectivity index (χ3v) is 1.69. The lowest BCUT2D eigenvalue weighted by Gasteiger charge is -2.02. The predicted octanol–water partition coefficient (Wildman–Crippen LogP) is 0.932. The first-order valence-electron chi connectivity index (χ1n) is 4.79. The van der Waals surface area contributed by atoms with Gasteiger partial charge < -0.3 is 11.1 Å². The summed E-state index contributed by atoms with van der Waals surface area (Å²) in [6.07, 6.45) is 3.11. The quantitative estimate of drug-likeness (QED) is 0.263. The van der Waals surface area contributed by atoms with Crippen molar-refractivity contribution in [1.82, 2.24) is 5.32 Å². The Morgan fingerprint density at radius 3 is 2.86 bits per heavy atom. The van der Waals surface area contributed by atoms with Crippen molar-refractivity contribution < 1.29 is 4.79 Å². The summed E-state index contributed by atoms with van der Waals surface area (Å²) in [7, 11) is 0. The van der Waals surface area contributed by atoms with E-state index in [1.807, 2.05) is 0 Å². The highest BCUT2D eigenvalue weighted by Gasteiger charge is 1.98. The van der Waals surface area contributed by atoms with E-state index in [4.69, 9.17) is 11.3 Å². The standard InChI is InChI=1S/C8H17N5O/c9-5-7-11-8(14)4-2-1-3-6-12-13-10/h1-7,9H2,(H,11,14). The van der Waals surface area contributed by atoms with Crippen LogP contribution in [0.2, 0.25) is 0 Å². The first kappa shape index (κ1) is 12.7. The van der Waals surface area contributed by atoms with Crippen LogP contribution in [0, 0.1) is 0 Å². The van der Waals surface area contributed by atoms with Crippen LogP contribution in [-0.2, 0) is 4.79 Å². The molecule has 0 aromatic carbocycles. The van der Waals surface area contributed by atoms with Crippen LogP contribution in [0.3, 0.4) is 0 Å². The molecule has 0 radical (unpaired) electrons. The molecule has 14 heavy (non-hydrogen) atoms. The number of nitrogens with zero attached hydrogens (tertiary/aromatic N) is 3. The number of carbonyl (C=O) groups excluding carboxylic acids is 1. The first-order chi connectivity index (χ1) is 6.81. The Bertz CT molecular complexity index is 200. The molecule has 6 heteroatoms. The zero-order valence-corrected chi connectivity index (χ0v) is 8.28. The molecule has 80 valence electrons. The number of azide groups is 1. The van der Waals surface area contributed by atoms with Gasteiger partial charge in [-0.05, 0) is 18.4 Å². The van der Waals surface area contributed by atoms with Crippen molar-refractivity contribution in [2.45, 2.75) is 25.7 Å². The molecular formula is C8H17N5O. The van der Waals surface area contributed by atoms with Crippen molar-refractivity contribution in [3.8, 4) is 0 Å². The minimum atomic E-state index is 0.0410. The molecule has 0 aromatic rings. The van der Waals surface area contributed by atoms with Gasteiger partial charge in [0.2, 0.25) is 5.91 Å². The molecule has 0 atom stereocenters. The van der Waals surface area contributed by atoms with Gasteiger partial charge in [0.1, 0.15) is 0 Å². The van der Waals surface area contributed by atoms with E-state index in [0.29, 0.717) is 26.1 Å². The maximum absolute atomic E-state index is 11.0. The average molecular weight is 199 g/mol. The van der Waals surface area contributed by atoms with Crippen LogP contribution in [0.25, 0.3) is 10.4 Å². The van der Waals surface area contributed by atoms with Crippen LogP contribution >= 0.6 is 0 Å². The zero-order valence-electron chi connectivity index (χ0n) is 8.28. The van der Waals surface area contributed by atoms with Gasteiger partial charge in [0.05, 0.1) is 0 Å². The second kappa shape index (κ2) is 9.83. The maximum atomic E-state index is 11.0. The molecule has 0 bridgehead atoms. The van der Waals surface area contributed by atoms with Crippen molar-refractivity contribution in [3.05, 3.63) is 10.4 Å². The number of amides is 1. The van der Waals surface area contributed by atoms with Gasteiger partial charge in [-0.15, -0.1) is 0 Å². The van der Waals surface area contributed by atoms with Crippen molar-refractivity contribution in [1.29, 1.82) is 0 Å². The number of nitrogens with one attached hydrogen (secondary N) is 1. The van der Waals surface area contributed by atoms with Crippen molar-refractivity contribution in [2.75, 3.05) is 19.6 Å². The maximum Gasteiger partial charge on any atom is 0.220 e. The zero-order chi connectivity index (χ0) is 10.6. The van der Waals surface area contributed by atoms with E-state index >= 15 is 0 Å². The Morgan fingerprint density at radius 1 is 1.43 bits per heavy atom. The molecule has 1 amide bonds. The number of hydrogen-bond donors (Lipinski definition) is 2. The SMILES string of the molecule is [N-]=[N+]=NCCCCCC(=O)NCCN. The van der Waals surface area contributed by atoms with Gasteiger partial charge in [0.15, 0.2) is 0 Å². The Balaban J connectivity index is 3.18. The highest BCUT2D eigenvalue weighted by molar-refractivity contribution is 5.75. The second-order valence-electron chi connectivity index (χ2n) is 2.90. The van der Waals surface area contributed by atoms with E-state index in [1.54, 1.807) is 0 Å². The van der Waals surface area contributed by atoms with Gasteiger partial charge in [-0.3, -0.25) is 4.79 Å². The van der Waals surface area contributed by atoms with Gasteiger partial charge >= 0.3 is 0 Å². The Kier molecular flexibility index (Phi) is 8.94. The van der Waals surface area contributed by atoms with Gasteiger partial charge in [0.25, 0.3) is 0 Å². The monoisotopic (exact) mass is 199 g/mol. The number of rotatable bonds is 8. The molecule has 0 aliphatic heterocycles. The summed E-state index contributed by atoms with van der Waals surface area (Å²) in [6, 6.07) is 0. The number of unbranched alkanes of at least 4 members (excludes halogenated alkanes) is 2. The summed E-state index contributed by atoms with van der Waals surface area (Å²) >= 11 is 0. The molecule has 0 fully saturated rings. The molecular weight excluding hydrogens is 182 g/mol. The normalized spacial score (nSPS) is 9.21. The van der Waals surface area contributed by atoms with Gasteiger partial charge in [-0.1, -0.05) is 11.5 Å². The van der Waals surface area contributed by atoms with E-state index in [2.05, 4.69) is 15.3 Å². The van der Waals surface area contributed by atoms with Crippen LogP contribution < -0.4 is 11.1 Å². The largest absolute Gasteiger partial charge is 0.355 e. The lowest BCUT2D eigenvalue weighted by molar-refractivity contribution is -0.121. The smallest absolute Gasteiger partial charge is 0.220 e. The molecule has 0 rings (SSSR count). The second-order valence-corrected chi connectivity index (χ2v) is 2.90. The van der Waals surface area contributed by atoms with Crippen molar-refractivity contribution in [3.63, 3.8) is 0 Å². The minimum absolute atomic E-state index is 0.0410. The lowest BCUT2D eigenvalue weighted by Crippen LogP contribution is -2.28. The van der Waals surface area contributed by atoms with Crippen LogP contribution in [-0.4, -0.2) is 25.5 Å². The van der Waals surface area contributed by atoms with E-state index < -0.39 is 0 Å². The lowest BCUT2D eigenvalue weighted by atomic mass is 10.2. The molecule has 0 saturated heterocycles. The number of carbonyl (C=O) groups is 1. The minimum Gasteiger partial charge on any atom is -0.355 e. The van der Waals surface area contributed by atoms with E-state index in [0.717, 1.165) is 19.3 Å². The molecule has 0 saturated carbocycles. The third-order valence-electron chi connectivity index (χ3n) is 1.69. The highest BCUT2D eigenvalue weighted by Crippen LogP contribution is 1.99. The van der Waals surface area contributed by atoms with Crippen LogP contribution in [0.15, 0.2) is 5.11 Å². The van der Waals surface area contributed by atoms with E-state index in [9.17, 15) is 4.79 Å². The van der Waals surface area contributed by atoms with Crippen LogP contribution in [0.5, 0.6) is 0 Å². The number of nitrogens with two attached hydrogens (primary N) is 1. The highest BCUT2D eigenvalue weighted by atomic mass is 16.1. The topological polar surface area (TPSA) is 104 Å². The van der Waals surface area contributed by atoms with Gasteiger partial charge in [-0.2, -0.15) is 0 Å². The molecule has 6 nitrogen and oxygen atoms in total. The van der Waals surface area contributed by atoms with E-state index in [1.165, 1.54) is 0 Å². The third kappa shape index (κ3) is 8.83. The van der Waals surface area contributed by atoms with Crippen LogP contribution in [0.1, 0.15) is 25.7 Å². The van der Waals surface area contributed by atoms with E-state index in [-0.39, 0.29) is 5.91 Å². The molecule has 0 spiro atoms. The molecule has 3 N–H and O–H groups in total. The average Bonchev–Trinajstić information content (AvgIpc) is 2.20. The Hall–Kier alpha value is -1.26. The predicted molar refractivity (Wildman–Crippen MR) is 54.5 cm³/mol. The summed E-state index contributed by atoms with van der Waals surface area (Å²) in [5.41, 5.74) is 13.2. The fourth-order valence-corrected chi connectivity index (χ4v) is 0.990. The van der Waals surface area contributed by atoms with Crippen molar-refractivity contribution >= 4 is 5.91 Å². The summed E-state index contributed by atoms with van der Waals surface area (Å²) in [5.74, 6) is 0.0410. The molecule has 0 unspecified atom stereocenters. The summed E-state index contributed by atoms with van der Waals surface area (Å²) in [4.78, 5) is 13.7. The van der Waals surface area contributed by atoms with Gasteiger partial charge in [0, 0.05) is 31.0 Å². The summed E-state index contributed by atoms with van der Waals surface area (Å²) < 4.78 is 0. The summed E-state index contributed by atoms with van der Waals surface area (Å²) in [5, 5.41) is 6.09. The van der Waals surface area contributed by atoms with Crippen molar-refractivity contribution in [2.24, 2.45) is 10.8 Å². The summed E-state index contributed by atoms with van der Waals surface area (Å²) in [6.45, 7) is 1.53.